The first-order chi connectivity index (χ1) is 8.54. The van der Waals surface area contributed by atoms with Crippen molar-refractivity contribution < 1.29 is 9.59 Å². The van der Waals surface area contributed by atoms with E-state index in [1.165, 1.54) is 18.3 Å². The Morgan fingerprint density at radius 2 is 2.11 bits per heavy atom. The molecule has 2 amide bonds. The highest BCUT2D eigenvalue weighted by atomic mass is 32.1. The van der Waals surface area contributed by atoms with Crippen LogP contribution >= 0.6 is 11.3 Å². The van der Waals surface area contributed by atoms with Gasteiger partial charge in [0.05, 0.1) is 9.88 Å². The predicted molar refractivity (Wildman–Crippen MR) is 69.9 cm³/mol. The zero-order valence-electron chi connectivity index (χ0n) is 9.90. The summed E-state index contributed by atoms with van der Waals surface area (Å²) in [7, 11) is 0. The normalized spacial score (nSPS) is 10.1. The number of thiophene rings is 1. The smallest absolute Gasteiger partial charge is 0.267 e. The Morgan fingerprint density at radius 1 is 1.33 bits per heavy atom. The SMILES string of the molecule is CC(=O)Nc1ccc(C(=O)Nc2cc(C)[nH]n2)s1. The molecule has 2 rings (SSSR count). The van der Waals surface area contributed by atoms with Gasteiger partial charge < -0.3 is 10.6 Å². The molecule has 0 fully saturated rings. The first kappa shape index (κ1) is 12.3. The molecule has 0 saturated heterocycles. The van der Waals surface area contributed by atoms with Gasteiger partial charge in [-0.05, 0) is 19.1 Å². The van der Waals surface area contributed by atoms with E-state index < -0.39 is 0 Å². The largest absolute Gasteiger partial charge is 0.318 e. The lowest BCUT2D eigenvalue weighted by atomic mass is 10.4. The van der Waals surface area contributed by atoms with Crippen molar-refractivity contribution in [2.45, 2.75) is 13.8 Å². The van der Waals surface area contributed by atoms with Crippen LogP contribution in [0.25, 0.3) is 0 Å². The van der Waals surface area contributed by atoms with Crippen LogP contribution in [-0.4, -0.2) is 22.0 Å². The number of hydrogen-bond acceptors (Lipinski definition) is 4. The lowest BCUT2D eigenvalue weighted by Crippen LogP contribution is -2.10. The third kappa shape index (κ3) is 2.95. The van der Waals surface area contributed by atoms with E-state index in [1.807, 2.05) is 6.92 Å². The number of carbonyl (C=O) groups excluding carboxylic acids is 2. The number of hydrogen-bond donors (Lipinski definition) is 3. The van der Waals surface area contributed by atoms with Crippen molar-refractivity contribution in [1.29, 1.82) is 0 Å². The van der Waals surface area contributed by atoms with Gasteiger partial charge in [-0.3, -0.25) is 14.7 Å². The molecule has 0 unspecified atom stereocenters. The molecule has 18 heavy (non-hydrogen) atoms. The molecule has 94 valence electrons. The van der Waals surface area contributed by atoms with Gasteiger partial charge in [0.2, 0.25) is 5.91 Å². The topological polar surface area (TPSA) is 86.9 Å². The minimum absolute atomic E-state index is 0.160. The molecule has 0 saturated carbocycles. The number of aromatic nitrogens is 2. The van der Waals surface area contributed by atoms with Crippen molar-refractivity contribution >= 4 is 34.0 Å². The quantitative estimate of drug-likeness (QED) is 0.792. The molecule has 0 aliphatic rings. The van der Waals surface area contributed by atoms with Gasteiger partial charge in [0.25, 0.3) is 5.91 Å². The van der Waals surface area contributed by atoms with E-state index in [0.717, 1.165) is 5.69 Å². The van der Waals surface area contributed by atoms with E-state index in [9.17, 15) is 9.59 Å². The van der Waals surface area contributed by atoms with E-state index >= 15 is 0 Å². The Labute approximate surface area is 107 Å². The van der Waals surface area contributed by atoms with Crippen molar-refractivity contribution in [3.8, 4) is 0 Å². The average molecular weight is 264 g/mol. The zero-order chi connectivity index (χ0) is 13.1. The van der Waals surface area contributed by atoms with E-state index in [0.29, 0.717) is 15.7 Å². The summed E-state index contributed by atoms with van der Waals surface area (Å²) in [6, 6.07) is 5.09. The minimum atomic E-state index is -0.247. The Kier molecular flexibility index (Phi) is 3.42. The van der Waals surface area contributed by atoms with Gasteiger partial charge in [0.1, 0.15) is 0 Å². The summed E-state index contributed by atoms with van der Waals surface area (Å²) < 4.78 is 0. The van der Waals surface area contributed by atoms with Crippen LogP contribution in [0.5, 0.6) is 0 Å². The van der Waals surface area contributed by atoms with E-state index in [2.05, 4.69) is 20.8 Å². The van der Waals surface area contributed by atoms with Gasteiger partial charge in [0.15, 0.2) is 5.82 Å². The van der Waals surface area contributed by atoms with Crippen LogP contribution in [0.3, 0.4) is 0 Å². The summed E-state index contributed by atoms with van der Waals surface area (Å²) >= 11 is 1.21. The number of rotatable bonds is 3. The summed E-state index contributed by atoms with van der Waals surface area (Å²) in [5.74, 6) is 0.0711. The highest BCUT2D eigenvalue weighted by Crippen LogP contribution is 2.22. The number of aromatic amines is 1. The van der Waals surface area contributed by atoms with E-state index in [4.69, 9.17) is 0 Å². The van der Waals surface area contributed by atoms with Gasteiger partial charge in [-0.1, -0.05) is 0 Å². The van der Waals surface area contributed by atoms with Crippen molar-refractivity contribution in [2.24, 2.45) is 0 Å². The predicted octanol–water partition coefficient (Wildman–Crippen LogP) is 1.99. The molecule has 0 radical (unpaired) electrons. The van der Waals surface area contributed by atoms with Gasteiger partial charge in [0, 0.05) is 18.7 Å². The number of aryl methyl sites for hydroxylation is 1. The monoisotopic (exact) mass is 264 g/mol. The second kappa shape index (κ2) is 5.01. The molecule has 2 aromatic rings. The van der Waals surface area contributed by atoms with E-state index in [1.54, 1.807) is 18.2 Å². The Hall–Kier alpha value is -2.15. The number of anilines is 2. The highest BCUT2D eigenvalue weighted by Gasteiger charge is 2.11. The third-order valence-corrected chi connectivity index (χ3v) is 3.08. The Bertz CT molecular complexity index is 587. The molecule has 7 heteroatoms. The molecule has 2 aromatic heterocycles. The molecular formula is C11H12N4O2S. The number of carbonyl (C=O) groups is 2. The Balaban J connectivity index is 2.05. The molecule has 0 aliphatic heterocycles. The maximum Gasteiger partial charge on any atom is 0.267 e. The first-order valence-corrected chi connectivity index (χ1v) is 6.07. The van der Waals surface area contributed by atoms with Crippen molar-refractivity contribution in [3.05, 3.63) is 28.8 Å². The molecule has 0 spiro atoms. The minimum Gasteiger partial charge on any atom is -0.318 e. The number of amides is 2. The van der Waals surface area contributed by atoms with Gasteiger partial charge in [-0.25, -0.2) is 0 Å². The molecule has 3 N–H and O–H groups in total. The second-order valence-corrected chi connectivity index (χ2v) is 4.82. The fourth-order valence-electron chi connectivity index (χ4n) is 1.36. The van der Waals surface area contributed by atoms with Crippen molar-refractivity contribution in [3.63, 3.8) is 0 Å². The molecule has 0 aliphatic carbocycles. The zero-order valence-corrected chi connectivity index (χ0v) is 10.7. The lowest BCUT2D eigenvalue weighted by molar-refractivity contribution is -0.114. The Morgan fingerprint density at radius 3 is 2.72 bits per heavy atom. The summed E-state index contributed by atoms with van der Waals surface area (Å²) in [5, 5.41) is 12.6. The standard InChI is InChI=1S/C11H12N4O2S/c1-6-5-9(15-14-6)13-11(17)8-3-4-10(18-8)12-7(2)16/h3-5H,1-2H3,(H,12,16)(H2,13,14,15,17). The van der Waals surface area contributed by atoms with Crippen LogP contribution in [0, 0.1) is 6.92 Å². The van der Waals surface area contributed by atoms with Crippen molar-refractivity contribution in [1.82, 2.24) is 10.2 Å². The van der Waals surface area contributed by atoms with Crippen LogP contribution in [0.15, 0.2) is 18.2 Å². The summed E-state index contributed by atoms with van der Waals surface area (Å²) in [5.41, 5.74) is 0.871. The van der Waals surface area contributed by atoms with Crippen LogP contribution in [-0.2, 0) is 4.79 Å². The summed E-state index contributed by atoms with van der Waals surface area (Å²) in [4.78, 5) is 23.2. The van der Waals surface area contributed by atoms with Gasteiger partial charge >= 0.3 is 0 Å². The maximum absolute atomic E-state index is 11.9. The molecule has 0 bridgehead atoms. The van der Waals surface area contributed by atoms with Crippen LogP contribution in [0.1, 0.15) is 22.3 Å². The van der Waals surface area contributed by atoms with Crippen LogP contribution < -0.4 is 10.6 Å². The summed E-state index contributed by atoms with van der Waals surface area (Å²) in [6.07, 6.45) is 0. The number of nitrogens with zero attached hydrogens (tertiary/aromatic N) is 1. The van der Waals surface area contributed by atoms with Crippen LogP contribution in [0.2, 0.25) is 0 Å². The average Bonchev–Trinajstić information content (AvgIpc) is 2.87. The van der Waals surface area contributed by atoms with Gasteiger partial charge in [-0.2, -0.15) is 5.10 Å². The van der Waals surface area contributed by atoms with Gasteiger partial charge in [-0.15, -0.1) is 11.3 Å². The number of nitrogens with one attached hydrogen (secondary N) is 3. The fraction of sp³-hybridized carbons (Fsp3) is 0.182. The third-order valence-electron chi connectivity index (χ3n) is 2.08. The van der Waals surface area contributed by atoms with Crippen LogP contribution in [0.4, 0.5) is 10.8 Å². The fourth-order valence-corrected chi connectivity index (χ4v) is 2.21. The maximum atomic E-state index is 11.9. The molecule has 0 aromatic carbocycles. The molecule has 0 atom stereocenters. The molecular weight excluding hydrogens is 252 g/mol. The summed E-state index contributed by atoms with van der Waals surface area (Å²) in [6.45, 7) is 3.27. The second-order valence-electron chi connectivity index (χ2n) is 3.74. The molecule has 2 heterocycles. The lowest BCUT2D eigenvalue weighted by Gasteiger charge is -1.98. The highest BCUT2D eigenvalue weighted by molar-refractivity contribution is 7.18. The van der Waals surface area contributed by atoms with E-state index in [-0.39, 0.29) is 11.8 Å². The molecule has 6 nitrogen and oxygen atoms in total. The first-order valence-electron chi connectivity index (χ1n) is 5.25. The number of H-pyrrole nitrogens is 1. The van der Waals surface area contributed by atoms with Crippen molar-refractivity contribution in [2.75, 3.05) is 10.6 Å².